The van der Waals surface area contributed by atoms with Crippen molar-refractivity contribution in [1.29, 1.82) is 0 Å². The highest BCUT2D eigenvalue weighted by Gasteiger charge is 2.36. The van der Waals surface area contributed by atoms with Crippen molar-refractivity contribution in [3.63, 3.8) is 0 Å². The Kier molecular flexibility index (Phi) is 6.38. The summed E-state index contributed by atoms with van der Waals surface area (Å²) < 4.78 is 10.6. The van der Waals surface area contributed by atoms with Gasteiger partial charge in [0.05, 0.1) is 22.2 Å². The molecule has 5 rings (SSSR count). The molecule has 0 bridgehead atoms. The Labute approximate surface area is 213 Å². The number of aromatic hydroxyl groups is 1. The van der Waals surface area contributed by atoms with Crippen LogP contribution in [-0.4, -0.2) is 27.9 Å². The van der Waals surface area contributed by atoms with Gasteiger partial charge >= 0.3 is 0 Å². The molecule has 2 aliphatic heterocycles. The average Bonchev–Trinajstić information content (AvgIpc) is 3.39. The molecule has 1 fully saturated rings. The van der Waals surface area contributed by atoms with Crippen molar-refractivity contribution in [1.82, 2.24) is 4.90 Å². The van der Waals surface area contributed by atoms with Crippen LogP contribution in [0.25, 0.3) is 6.08 Å². The lowest BCUT2D eigenvalue weighted by Gasteiger charge is -2.14. The van der Waals surface area contributed by atoms with Gasteiger partial charge in [-0.15, -0.1) is 5.11 Å². The molecule has 2 aliphatic rings. The van der Waals surface area contributed by atoms with Gasteiger partial charge in [0.15, 0.2) is 11.5 Å². The van der Waals surface area contributed by atoms with Gasteiger partial charge in [0.25, 0.3) is 11.1 Å². The Balaban J connectivity index is 1.37. The van der Waals surface area contributed by atoms with E-state index in [0.717, 1.165) is 16.7 Å². The molecule has 1 N–H and O–H groups in total. The van der Waals surface area contributed by atoms with Crippen LogP contribution in [0.4, 0.5) is 16.2 Å². The van der Waals surface area contributed by atoms with Crippen molar-refractivity contribution in [3.8, 4) is 17.2 Å². The number of carbonyl (C=O) groups excluding carboxylic acids is 2. The molecule has 0 aliphatic carbocycles. The number of ether oxygens (including phenoxy) is 2. The molecule has 0 aromatic heterocycles. The minimum atomic E-state index is -0.503. The number of rotatable bonds is 5. The highest BCUT2D eigenvalue weighted by Crippen LogP contribution is 2.40. The zero-order valence-electron chi connectivity index (χ0n) is 17.8. The molecule has 1 saturated heterocycles. The number of imide groups is 1. The van der Waals surface area contributed by atoms with Crippen LogP contribution in [0.1, 0.15) is 11.1 Å². The maximum absolute atomic E-state index is 13.0. The third kappa shape index (κ3) is 4.84. The predicted octanol–water partition coefficient (Wildman–Crippen LogP) is 7.08. The fraction of sp³-hybridized carbons (Fsp3) is 0.0833. The second-order valence-electron chi connectivity index (χ2n) is 7.46. The number of azo groups is 1. The predicted molar refractivity (Wildman–Crippen MR) is 133 cm³/mol. The van der Waals surface area contributed by atoms with E-state index in [4.69, 9.17) is 32.7 Å². The van der Waals surface area contributed by atoms with Gasteiger partial charge in [-0.2, -0.15) is 5.11 Å². The number of amides is 2. The maximum Gasteiger partial charge on any atom is 0.293 e. The SMILES string of the molecule is O=C1S/C(=C\c2cc(N=Nc3ccccc3Cl)ccc2O)C(=O)N1Cc1cc2c(cc1Cl)OCO2. The van der Waals surface area contributed by atoms with Crippen LogP contribution in [-0.2, 0) is 11.3 Å². The van der Waals surface area contributed by atoms with E-state index in [2.05, 4.69) is 10.2 Å². The summed E-state index contributed by atoms with van der Waals surface area (Å²) in [5.74, 6) is 0.429. The van der Waals surface area contributed by atoms with E-state index in [-0.39, 0.29) is 24.0 Å². The topological polar surface area (TPSA) is 101 Å². The van der Waals surface area contributed by atoms with Crippen LogP contribution < -0.4 is 9.47 Å². The number of nitrogens with zero attached hydrogens (tertiary/aromatic N) is 3. The lowest BCUT2D eigenvalue weighted by molar-refractivity contribution is -0.123. The van der Waals surface area contributed by atoms with Crippen molar-refractivity contribution in [3.05, 3.63) is 80.7 Å². The third-order valence-electron chi connectivity index (χ3n) is 5.17. The van der Waals surface area contributed by atoms with E-state index < -0.39 is 11.1 Å². The molecule has 3 aromatic rings. The summed E-state index contributed by atoms with van der Waals surface area (Å²) in [7, 11) is 0. The molecule has 2 amide bonds. The van der Waals surface area contributed by atoms with Gasteiger partial charge in [0, 0.05) is 16.7 Å². The Bertz CT molecular complexity index is 1430. The molecule has 0 saturated carbocycles. The number of phenols is 1. The molecule has 176 valence electrons. The molecule has 0 spiro atoms. The smallest absolute Gasteiger partial charge is 0.293 e. The first-order chi connectivity index (χ1) is 16.9. The number of carbonyl (C=O) groups is 2. The van der Waals surface area contributed by atoms with E-state index in [9.17, 15) is 14.7 Å². The lowest BCUT2D eigenvalue weighted by atomic mass is 10.1. The Morgan fingerprint density at radius 1 is 1.00 bits per heavy atom. The van der Waals surface area contributed by atoms with E-state index >= 15 is 0 Å². The molecule has 35 heavy (non-hydrogen) atoms. The third-order valence-corrected chi connectivity index (χ3v) is 6.75. The number of benzene rings is 3. The number of halogens is 2. The second-order valence-corrected chi connectivity index (χ2v) is 9.27. The number of thioether (sulfide) groups is 1. The van der Waals surface area contributed by atoms with Gasteiger partial charge in [-0.3, -0.25) is 14.5 Å². The molecule has 2 heterocycles. The van der Waals surface area contributed by atoms with Gasteiger partial charge in [-0.05, 0) is 59.8 Å². The minimum absolute atomic E-state index is 0.0322. The summed E-state index contributed by atoms with van der Waals surface area (Å²) in [5, 5.41) is 18.9. The van der Waals surface area contributed by atoms with E-state index in [1.807, 2.05) is 0 Å². The normalized spacial score (nSPS) is 16.2. The van der Waals surface area contributed by atoms with Crippen LogP contribution in [0.15, 0.2) is 69.7 Å². The quantitative estimate of drug-likeness (QED) is 0.281. The van der Waals surface area contributed by atoms with E-state index in [0.29, 0.717) is 44.0 Å². The summed E-state index contributed by atoms with van der Waals surface area (Å²) >= 11 is 13.2. The van der Waals surface area contributed by atoms with Gasteiger partial charge < -0.3 is 14.6 Å². The van der Waals surface area contributed by atoms with Crippen molar-refractivity contribution in [2.75, 3.05) is 6.79 Å². The van der Waals surface area contributed by atoms with Gasteiger partial charge in [0.2, 0.25) is 6.79 Å². The second kappa shape index (κ2) is 9.61. The first-order valence-electron chi connectivity index (χ1n) is 10.2. The summed E-state index contributed by atoms with van der Waals surface area (Å²) in [6, 6.07) is 14.8. The van der Waals surface area contributed by atoms with E-state index in [1.54, 1.807) is 48.5 Å². The first-order valence-corrected chi connectivity index (χ1v) is 11.8. The summed E-state index contributed by atoms with van der Waals surface area (Å²) in [4.78, 5) is 26.8. The average molecular weight is 528 g/mol. The molecule has 3 aromatic carbocycles. The van der Waals surface area contributed by atoms with Gasteiger partial charge in [0.1, 0.15) is 11.4 Å². The summed E-state index contributed by atoms with van der Waals surface area (Å²) in [5.41, 5.74) is 1.78. The fourth-order valence-corrected chi connectivity index (χ4v) is 4.61. The number of fused-ring (bicyclic) bond motifs is 1. The zero-order chi connectivity index (χ0) is 24.5. The first kappa shape index (κ1) is 23.2. The monoisotopic (exact) mass is 527 g/mol. The van der Waals surface area contributed by atoms with Crippen LogP contribution in [0, 0.1) is 0 Å². The van der Waals surface area contributed by atoms with Gasteiger partial charge in [-0.1, -0.05) is 35.3 Å². The summed E-state index contributed by atoms with van der Waals surface area (Å²) in [6.45, 7) is 0.0511. The highest BCUT2D eigenvalue weighted by molar-refractivity contribution is 8.18. The van der Waals surface area contributed by atoms with Crippen molar-refractivity contribution >= 4 is 63.6 Å². The van der Waals surface area contributed by atoms with Gasteiger partial charge in [-0.25, -0.2) is 0 Å². The van der Waals surface area contributed by atoms with Crippen LogP contribution in [0.2, 0.25) is 10.0 Å². The Morgan fingerprint density at radius 2 is 1.77 bits per heavy atom. The minimum Gasteiger partial charge on any atom is -0.507 e. The Hall–Kier alpha value is -3.53. The molecule has 11 heteroatoms. The van der Waals surface area contributed by atoms with Crippen LogP contribution in [0.5, 0.6) is 17.2 Å². The molecule has 0 unspecified atom stereocenters. The largest absolute Gasteiger partial charge is 0.507 e. The van der Waals surface area contributed by atoms with Crippen molar-refractivity contribution in [2.45, 2.75) is 6.54 Å². The number of hydrogen-bond acceptors (Lipinski definition) is 8. The van der Waals surface area contributed by atoms with E-state index in [1.165, 1.54) is 12.1 Å². The molecule has 0 atom stereocenters. The summed E-state index contributed by atoms with van der Waals surface area (Å²) in [6.07, 6.45) is 1.44. The Morgan fingerprint density at radius 3 is 2.57 bits per heavy atom. The van der Waals surface area contributed by atoms with Crippen LogP contribution >= 0.6 is 35.0 Å². The van der Waals surface area contributed by atoms with Crippen molar-refractivity contribution < 1.29 is 24.2 Å². The maximum atomic E-state index is 13.0. The zero-order valence-corrected chi connectivity index (χ0v) is 20.1. The fourth-order valence-electron chi connectivity index (χ4n) is 3.39. The highest BCUT2D eigenvalue weighted by atomic mass is 35.5. The molecule has 0 radical (unpaired) electrons. The lowest BCUT2D eigenvalue weighted by Crippen LogP contribution is -2.27. The van der Waals surface area contributed by atoms with Crippen LogP contribution in [0.3, 0.4) is 0 Å². The molecular weight excluding hydrogens is 513 g/mol. The standard InChI is InChI=1S/C24H15Cl2N3O5S/c25-16-3-1-2-4-18(16)28-27-15-5-6-19(30)13(7-15)9-22-23(31)29(24(32)35-22)11-14-8-20-21(10-17(14)26)34-12-33-20/h1-10,30H,11-12H2/b22-9-,28-27?. The number of phenolic OH excluding ortho intramolecular Hbond substituents is 1. The molecule has 8 nitrogen and oxygen atoms in total. The molecular formula is C24H15Cl2N3O5S. The van der Waals surface area contributed by atoms with Crippen molar-refractivity contribution in [2.24, 2.45) is 10.2 Å². The number of hydrogen-bond donors (Lipinski definition) is 1.